The third-order valence-corrected chi connectivity index (χ3v) is 5.60. The molecular weight excluding hydrogens is 392 g/mol. The molecule has 7 heteroatoms. The number of hydrogen-bond acceptors (Lipinski definition) is 5. The molecule has 0 atom stereocenters. The van der Waals surface area contributed by atoms with Crippen LogP contribution in [0.4, 0.5) is 0 Å². The minimum atomic E-state index is 0.417. The lowest BCUT2D eigenvalue weighted by atomic mass is 10.1. The summed E-state index contributed by atoms with van der Waals surface area (Å²) in [5, 5.41) is 8.22. The zero-order valence-corrected chi connectivity index (χ0v) is 16.5. The molecule has 28 heavy (non-hydrogen) atoms. The van der Waals surface area contributed by atoms with Crippen LogP contribution in [0.1, 0.15) is 11.1 Å². The lowest BCUT2D eigenvalue weighted by molar-refractivity contribution is 0.306. The van der Waals surface area contributed by atoms with Gasteiger partial charge >= 0.3 is 0 Å². The van der Waals surface area contributed by atoms with Gasteiger partial charge in [0.1, 0.15) is 23.5 Å². The van der Waals surface area contributed by atoms with Gasteiger partial charge in [-0.15, -0.1) is 16.4 Å². The van der Waals surface area contributed by atoms with Crippen molar-refractivity contribution >= 4 is 38.8 Å². The standard InChI is InChI=1S/C21H15ClN4OS/c1-13-5-6-17(22)18(9-13)27-11-14-3-2-4-15(10-14)19-24-20-16-7-8-28-21(16)23-12-26(20)25-19/h2-10,12H,11H2,1H3. The quantitative estimate of drug-likeness (QED) is 0.393. The van der Waals surface area contributed by atoms with Gasteiger partial charge in [-0.05, 0) is 47.7 Å². The molecule has 5 aromatic rings. The molecule has 138 valence electrons. The van der Waals surface area contributed by atoms with Crippen molar-refractivity contribution in [1.29, 1.82) is 0 Å². The van der Waals surface area contributed by atoms with Crippen molar-refractivity contribution in [2.45, 2.75) is 13.5 Å². The van der Waals surface area contributed by atoms with E-state index in [1.165, 1.54) is 0 Å². The fourth-order valence-electron chi connectivity index (χ4n) is 3.07. The van der Waals surface area contributed by atoms with Crippen molar-refractivity contribution in [2.24, 2.45) is 0 Å². The molecule has 0 aliphatic rings. The summed E-state index contributed by atoms with van der Waals surface area (Å²) in [5.74, 6) is 1.35. The lowest BCUT2D eigenvalue weighted by Gasteiger charge is -2.09. The van der Waals surface area contributed by atoms with Crippen LogP contribution in [-0.4, -0.2) is 19.6 Å². The van der Waals surface area contributed by atoms with Crippen LogP contribution in [0.2, 0.25) is 5.02 Å². The van der Waals surface area contributed by atoms with Gasteiger partial charge in [-0.1, -0.05) is 35.9 Å². The highest BCUT2D eigenvalue weighted by molar-refractivity contribution is 7.16. The second kappa shape index (κ2) is 6.89. The number of fused-ring (bicyclic) bond motifs is 3. The highest BCUT2D eigenvalue weighted by Crippen LogP contribution is 2.27. The van der Waals surface area contributed by atoms with Gasteiger partial charge in [0, 0.05) is 5.56 Å². The van der Waals surface area contributed by atoms with Gasteiger partial charge in [-0.25, -0.2) is 14.5 Å². The van der Waals surface area contributed by atoms with Crippen molar-refractivity contribution in [1.82, 2.24) is 19.6 Å². The zero-order valence-electron chi connectivity index (χ0n) is 15.0. The Labute approximate surface area is 170 Å². The molecule has 0 fully saturated rings. The molecule has 3 aromatic heterocycles. The van der Waals surface area contributed by atoms with Crippen LogP contribution in [0.3, 0.4) is 0 Å². The molecule has 5 rings (SSSR count). The first kappa shape index (κ1) is 17.2. The number of hydrogen-bond donors (Lipinski definition) is 0. The van der Waals surface area contributed by atoms with Gasteiger partial charge in [0.2, 0.25) is 0 Å². The number of ether oxygens (including phenoxy) is 1. The third-order valence-electron chi connectivity index (χ3n) is 4.47. The SMILES string of the molecule is Cc1ccc(Cl)c(OCc2cccc(-c3nc4c5ccsc5ncn4n3)c2)c1. The summed E-state index contributed by atoms with van der Waals surface area (Å²) in [4.78, 5) is 10.1. The minimum Gasteiger partial charge on any atom is -0.487 e. The molecule has 0 aliphatic carbocycles. The molecular formula is C21H15ClN4OS. The van der Waals surface area contributed by atoms with E-state index < -0.39 is 0 Å². The van der Waals surface area contributed by atoms with E-state index in [9.17, 15) is 0 Å². The molecule has 5 nitrogen and oxygen atoms in total. The highest BCUT2D eigenvalue weighted by Gasteiger charge is 2.11. The second-order valence-corrected chi connectivity index (χ2v) is 7.81. The molecule has 0 aliphatic heterocycles. The van der Waals surface area contributed by atoms with Crippen molar-refractivity contribution in [3.05, 3.63) is 76.4 Å². The summed E-state index contributed by atoms with van der Waals surface area (Å²) < 4.78 is 7.64. The highest BCUT2D eigenvalue weighted by atomic mass is 35.5. The van der Waals surface area contributed by atoms with Gasteiger partial charge in [-0.2, -0.15) is 0 Å². The zero-order chi connectivity index (χ0) is 19.1. The van der Waals surface area contributed by atoms with Gasteiger partial charge in [0.15, 0.2) is 11.5 Å². The molecule has 0 unspecified atom stereocenters. The molecule has 0 bridgehead atoms. The lowest BCUT2D eigenvalue weighted by Crippen LogP contribution is -1.97. The van der Waals surface area contributed by atoms with Gasteiger partial charge in [0.05, 0.1) is 10.4 Å². The van der Waals surface area contributed by atoms with Gasteiger partial charge < -0.3 is 4.74 Å². The fourth-order valence-corrected chi connectivity index (χ4v) is 3.97. The third kappa shape index (κ3) is 3.10. The Hall–Kier alpha value is -2.96. The summed E-state index contributed by atoms with van der Waals surface area (Å²) in [7, 11) is 0. The fraction of sp³-hybridized carbons (Fsp3) is 0.0952. The number of thiophene rings is 1. The first-order valence-electron chi connectivity index (χ1n) is 8.74. The van der Waals surface area contributed by atoms with E-state index in [4.69, 9.17) is 21.3 Å². The maximum atomic E-state index is 6.22. The van der Waals surface area contributed by atoms with Crippen LogP contribution in [0, 0.1) is 6.92 Å². The van der Waals surface area contributed by atoms with Crippen molar-refractivity contribution in [2.75, 3.05) is 0 Å². The summed E-state index contributed by atoms with van der Waals surface area (Å²) >= 11 is 7.82. The number of benzene rings is 2. The molecule has 0 N–H and O–H groups in total. The van der Waals surface area contributed by atoms with E-state index in [-0.39, 0.29) is 0 Å². The Morgan fingerprint density at radius 1 is 1.14 bits per heavy atom. The maximum absolute atomic E-state index is 6.22. The molecule has 0 amide bonds. The number of nitrogens with zero attached hydrogens (tertiary/aromatic N) is 4. The van der Waals surface area contributed by atoms with Crippen LogP contribution in [0.15, 0.2) is 60.2 Å². The predicted molar refractivity (Wildman–Crippen MR) is 112 cm³/mol. The molecule has 0 saturated heterocycles. The maximum Gasteiger partial charge on any atom is 0.182 e. The molecule has 0 radical (unpaired) electrons. The Bertz CT molecular complexity index is 1310. The minimum absolute atomic E-state index is 0.417. The van der Waals surface area contributed by atoms with Crippen molar-refractivity contribution < 1.29 is 4.74 Å². The Kier molecular flexibility index (Phi) is 4.22. The average Bonchev–Trinajstić information content (AvgIpc) is 3.35. The Morgan fingerprint density at radius 2 is 2.07 bits per heavy atom. The van der Waals surface area contributed by atoms with Gasteiger partial charge in [-0.3, -0.25) is 0 Å². The number of aryl methyl sites for hydroxylation is 1. The van der Waals surface area contributed by atoms with Crippen LogP contribution < -0.4 is 4.74 Å². The summed E-state index contributed by atoms with van der Waals surface area (Å²) in [6, 6.07) is 15.8. The van der Waals surface area contributed by atoms with Crippen molar-refractivity contribution in [3.63, 3.8) is 0 Å². The number of rotatable bonds is 4. The largest absolute Gasteiger partial charge is 0.487 e. The normalized spacial score (nSPS) is 11.4. The van der Waals surface area contributed by atoms with E-state index in [0.717, 1.165) is 32.6 Å². The van der Waals surface area contributed by atoms with Crippen LogP contribution in [0.5, 0.6) is 5.75 Å². The van der Waals surface area contributed by atoms with Crippen LogP contribution in [-0.2, 0) is 6.61 Å². The Balaban J connectivity index is 1.45. The molecule has 2 aromatic carbocycles. The number of halogens is 1. The molecule has 3 heterocycles. The van der Waals surface area contributed by atoms with Gasteiger partial charge in [0.25, 0.3) is 0 Å². The first-order valence-corrected chi connectivity index (χ1v) is 10.00. The smallest absolute Gasteiger partial charge is 0.182 e. The first-order chi connectivity index (χ1) is 13.7. The van der Waals surface area contributed by atoms with Crippen LogP contribution >= 0.6 is 22.9 Å². The summed E-state index contributed by atoms with van der Waals surface area (Å²) in [5.41, 5.74) is 3.88. The van der Waals surface area contributed by atoms with Crippen molar-refractivity contribution in [3.8, 4) is 17.1 Å². The monoisotopic (exact) mass is 406 g/mol. The van der Waals surface area contributed by atoms with E-state index in [1.54, 1.807) is 22.2 Å². The average molecular weight is 407 g/mol. The Morgan fingerprint density at radius 3 is 3.00 bits per heavy atom. The second-order valence-electron chi connectivity index (χ2n) is 6.51. The predicted octanol–water partition coefficient (Wildman–Crippen LogP) is 5.55. The summed E-state index contributed by atoms with van der Waals surface area (Å²) in [6.45, 7) is 2.43. The van der Waals surface area contributed by atoms with E-state index >= 15 is 0 Å². The van der Waals surface area contributed by atoms with E-state index in [2.05, 4.69) is 10.1 Å². The molecule has 0 spiro atoms. The topological polar surface area (TPSA) is 52.3 Å². The number of aromatic nitrogens is 4. The molecule has 0 saturated carbocycles. The summed E-state index contributed by atoms with van der Waals surface area (Å²) in [6.07, 6.45) is 1.71. The van der Waals surface area contributed by atoms with E-state index in [0.29, 0.717) is 23.2 Å². The van der Waals surface area contributed by atoms with Crippen LogP contribution in [0.25, 0.3) is 27.3 Å². The van der Waals surface area contributed by atoms with E-state index in [1.807, 2.05) is 60.8 Å².